The molecule has 1 aliphatic rings. The smallest absolute Gasteiger partial charge is 0.161 e. The molecule has 2 N–H and O–H groups in total. The van der Waals surface area contributed by atoms with Gasteiger partial charge in [0.05, 0.1) is 6.04 Å². The summed E-state index contributed by atoms with van der Waals surface area (Å²) in [5.74, 6) is -2.50. The van der Waals surface area contributed by atoms with Gasteiger partial charge in [-0.05, 0) is 31.4 Å². The van der Waals surface area contributed by atoms with Crippen molar-refractivity contribution in [2.45, 2.75) is 45.2 Å². The number of nitrogens with two attached hydrogens (primary N) is 1. The standard InChI is InChI=1S/C16H23F3N2/c1-10(2)9-21-6-4-3-5-15(20)16(21)11-7-13(18)14(19)8-12(11)17/h7-8,10,15-16H,3-6,9,20H2,1-2H3. The van der Waals surface area contributed by atoms with E-state index < -0.39 is 23.5 Å². The second kappa shape index (κ2) is 6.79. The monoisotopic (exact) mass is 300 g/mol. The van der Waals surface area contributed by atoms with Crippen molar-refractivity contribution in [1.29, 1.82) is 0 Å². The third kappa shape index (κ3) is 3.77. The summed E-state index contributed by atoms with van der Waals surface area (Å²) in [7, 11) is 0. The highest BCUT2D eigenvalue weighted by atomic mass is 19.2. The van der Waals surface area contributed by atoms with Crippen LogP contribution >= 0.6 is 0 Å². The van der Waals surface area contributed by atoms with Crippen LogP contribution in [0.2, 0.25) is 0 Å². The van der Waals surface area contributed by atoms with E-state index in [4.69, 9.17) is 5.73 Å². The zero-order valence-corrected chi connectivity index (χ0v) is 12.6. The molecule has 0 aromatic heterocycles. The molecular formula is C16H23F3N2. The second-order valence-corrected chi connectivity index (χ2v) is 6.28. The summed E-state index contributed by atoms with van der Waals surface area (Å²) in [5.41, 5.74) is 6.38. The minimum absolute atomic E-state index is 0.170. The first-order valence-corrected chi connectivity index (χ1v) is 7.54. The fourth-order valence-corrected chi connectivity index (χ4v) is 3.13. The number of nitrogens with zero attached hydrogens (tertiary/aromatic N) is 1. The van der Waals surface area contributed by atoms with Gasteiger partial charge in [-0.15, -0.1) is 0 Å². The molecule has 0 saturated carbocycles. The fraction of sp³-hybridized carbons (Fsp3) is 0.625. The molecule has 1 saturated heterocycles. The van der Waals surface area contributed by atoms with Gasteiger partial charge in [-0.3, -0.25) is 4.90 Å². The Morgan fingerprint density at radius 1 is 1.14 bits per heavy atom. The molecule has 0 radical (unpaired) electrons. The van der Waals surface area contributed by atoms with Crippen molar-refractivity contribution in [3.8, 4) is 0 Å². The first-order chi connectivity index (χ1) is 9.90. The number of halogens is 3. The topological polar surface area (TPSA) is 29.3 Å². The van der Waals surface area contributed by atoms with Gasteiger partial charge in [-0.2, -0.15) is 0 Å². The largest absolute Gasteiger partial charge is 0.326 e. The quantitative estimate of drug-likeness (QED) is 0.864. The molecule has 1 fully saturated rings. The van der Waals surface area contributed by atoms with Crippen LogP contribution in [-0.2, 0) is 0 Å². The molecule has 2 rings (SSSR count). The highest BCUT2D eigenvalue weighted by molar-refractivity contribution is 5.25. The van der Waals surface area contributed by atoms with Crippen LogP contribution < -0.4 is 5.73 Å². The van der Waals surface area contributed by atoms with Gasteiger partial charge in [-0.1, -0.05) is 20.3 Å². The molecule has 2 nitrogen and oxygen atoms in total. The highest BCUT2D eigenvalue weighted by Gasteiger charge is 2.31. The lowest BCUT2D eigenvalue weighted by Gasteiger charge is -2.35. The van der Waals surface area contributed by atoms with Gasteiger partial charge in [0.1, 0.15) is 5.82 Å². The maximum atomic E-state index is 14.1. The molecule has 0 bridgehead atoms. The molecule has 1 aliphatic heterocycles. The van der Waals surface area contributed by atoms with Crippen molar-refractivity contribution in [1.82, 2.24) is 4.90 Å². The molecule has 0 spiro atoms. The van der Waals surface area contributed by atoms with E-state index in [1.54, 1.807) is 0 Å². The van der Waals surface area contributed by atoms with Gasteiger partial charge < -0.3 is 5.73 Å². The van der Waals surface area contributed by atoms with Gasteiger partial charge in [0.2, 0.25) is 0 Å². The first-order valence-electron chi connectivity index (χ1n) is 7.54. The minimum atomic E-state index is -1.16. The van der Waals surface area contributed by atoms with Gasteiger partial charge in [0.15, 0.2) is 11.6 Å². The maximum absolute atomic E-state index is 14.1. The van der Waals surface area contributed by atoms with Crippen LogP contribution in [0.4, 0.5) is 13.2 Å². The summed E-state index contributed by atoms with van der Waals surface area (Å²) in [5, 5.41) is 0. The predicted molar refractivity (Wildman–Crippen MR) is 77.3 cm³/mol. The third-order valence-corrected chi connectivity index (χ3v) is 3.99. The Morgan fingerprint density at radius 2 is 1.81 bits per heavy atom. The highest BCUT2D eigenvalue weighted by Crippen LogP contribution is 2.32. The van der Waals surface area contributed by atoms with E-state index in [0.29, 0.717) is 12.0 Å². The molecule has 21 heavy (non-hydrogen) atoms. The van der Waals surface area contributed by atoms with E-state index in [1.165, 1.54) is 0 Å². The van der Waals surface area contributed by atoms with Crippen LogP contribution in [0.5, 0.6) is 0 Å². The molecule has 5 heteroatoms. The predicted octanol–water partition coefficient (Wildman–Crippen LogP) is 3.61. The second-order valence-electron chi connectivity index (χ2n) is 6.28. The van der Waals surface area contributed by atoms with Crippen LogP contribution in [0.1, 0.15) is 44.7 Å². The van der Waals surface area contributed by atoms with E-state index >= 15 is 0 Å². The van der Waals surface area contributed by atoms with Crippen LogP contribution in [-0.4, -0.2) is 24.0 Å². The average Bonchev–Trinajstić information content (AvgIpc) is 2.56. The van der Waals surface area contributed by atoms with E-state index in [2.05, 4.69) is 18.7 Å². The average molecular weight is 300 g/mol. The van der Waals surface area contributed by atoms with Crippen LogP contribution in [0, 0.1) is 23.4 Å². The zero-order chi connectivity index (χ0) is 15.6. The summed E-state index contributed by atoms with van der Waals surface area (Å²) < 4.78 is 40.8. The lowest BCUT2D eigenvalue weighted by molar-refractivity contribution is 0.161. The van der Waals surface area contributed by atoms with E-state index in [-0.39, 0.29) is 11.6 Å². The van der Waals surface area contributed by atoms with Crippen molar-refractivity contribution in [2.24, 2.45) is 11.7 Å². The summed E-state index contributed by atoms with van der Waals surface area (Å²) in [6.07, 6.45) is 2.72. The molecular weight excluding hydrogens is 277 g/mol. The van der Waals surface area contributed by atoms with Gasteiger partial charge in [-0.25, -0.2) is 13.2 Å². The van der Waals surface area contributed by atoms with Crippen molar-refractivity contribution in [2.75, 3.05) is 13.1 Å². The summed E-state index contributed by atoms with van der Waals surface area (Å²) >= 11 is 0. The van der Waals surface area contributed by atoms with Crippen molar-refractivity contribution in [3.05, 3.63) is 35.1 Å². The number of rotatable bonds is 3. The lowest BCUT2D eigenvalue weighted by Crippen LogP contribution is -2.42. The summed E-state index contributed by atoms with van der Waals surface area (Å²) in [6.45, 7) is 5.72. The Balaban J connectivity index is 2.41. The Labute approximate surface area is 124 Å². The molecule has 0 amide bonds. The number of benzene rings is 1. The van der Waals surface area contributed by atoms with Gasteiger partial charge in [0.25, 0.3) is 0 Å². The SMILES string of the molecule is CC(C)CN1CCCCC(N)C1c1cc(F)c(F)cc1F. The first kappa shape index (κ1) is 16.3. The molecule has 0 aliphatic carbocycles. The number of hydrogen-bond donors (Lipinski definition) is 1. The Morgan fingerprint density at radius 3 is 2.48 bits per heavy atom. The van der Waals surface area contributed by atoms with E-state index in [0.717, 1.165) is 38.4 Å². The molecule has 2 atom stereocenters. The van der Waals surface area contributed by atoms with Crippen molar-refractivity contribution in [3.63, 3.8) is 0 Å². The molecule has 1 heterocycles. The number of hydrogen-bond acceptors (Lipinski definition) is 2. The van der Waals surface area contributed by atoms with Crippen LogP contribution in [0.25, 0.3) is 0 Å². The van der Waals surface area contributed by atoms with Crippen LogP contribution in [0.15, 0.2) is 12.1 Å². The van der Waals surface area contributed by atoms with E-state index in [9.17, 15) is 13.2 Å². The molecule has 1 aromatic rings. The Bertz CT molecular complexity index is 491. The van der Waals surface area contributed by atoms with Gasteiger partial charge in [0, 0.05) is 24.2 Å². The van der Waals surface area contributed by atoms with Crippen molar-refractivity contribution < 1.29 is 13.2 Å². The number of likely N-dealkylation sites (tertiary alicyclic amines) is 1. The minimum Gasteiger partial charge on any atom is -0.326 e. The van der Waals surface area contributed by atoms with E-state index in [1.807, 2.05) is 0 Å². The molecule has 118 valence electrons. The summed E-state index contributed by atoms with van der Waals surface area (Å²) in [6, 6.07) is 0.916. The lowest BCUT2D eigenvalue weighted by atomic mass is 9.95. The molecule has 2 unspecified atom stereocenters. The maximum Gasteiger partial charge on any atom is 0.161 e. The van der Waals surface area contributed by atoms with Gasteiger partial charge >= 0.3 is 0 Å². The Hall–Kier alpha value is -1.07. The molecule has 1 aromatic carbocycles. The zero-order valence-electron chi connectivity index (χ0n) is 12.6. The summed E-state index contributed by atoms with van der Waals surface area (Å²) in [4.78, 5) is 2.11. The third-order valence-electron chi connectivity index (χ3n) is 3.99. The van der Waals surface area contributed by atoms with Crippen molar-refractivity contribution >= 4 is 0 Å². The Kier molecular flexibility index (Phi) is 5.27. The van der Waals surface area contributed by atoms with Crippen LogP contribution in [0.3, 0.4) is 0 Å². The normalized spacial score (nSPS) is 24.3. The fourth-order valence-electron chi connectivity index (χ4n) is 3.13.